The Balaban J connectivity index is 4.26. The van der Waals surface area contributed by atoms with E-state index in [0.29, 0.717) is 17.4 Å². The average Bonchev–Trinajstić information content (AvgIpc) is 3.34. The fourth-order valence-corrected chi connectivity index (χ4v) is 7.93. The highest BCUT2D eigenvalue weighted by Gasteiger charge is 2.27. The molecular weight excluding hydrogens is 918 g/mol. The molecule has 72 heavy (non-hydrogen) atoms. The predicted molar refractivity (Wildman–Crippen MR) is 307 cm³/mol. The Labute approximate surface area is 441 Å². The summed E-state index contributed by atoms with van der Waals surface area (Å²) in [5.41, 5.74) is 0. The van der Waals surface area contributed by atoms with E-state index in [9.17, 15) is 19.0 Å². The summed E-state index contributed by atoms with van der Waals surface area (Å²) < 4.78 is 34.5. The molecule has 0 aromatic carbocycles. The van der Waals surface area contributed by atoms with Crippen molar-refractivity contribution in [3.63, 3.8) is 0 Å². The van der Waals surface area contributed by atoms with Crippen molar-refractivity contribution >= 4 is 19.8 Å². The summed E-state index contributed by atoms with van der Waals surface area (Å²) in [6, 6.07) is 0. The summed E-state index contributed by atoms with van der Waals surface area (Å²) in [5, 5.41) is 0. The first-order chi connectivity index (χ1) is 35.0. The lowest BCUT2D eigenvalue weighted by atomic mass is 10.1. The normalized spacial score (nSPS) is 14.2. The van der Waals surface area contributed by atoms with Crippen molar-refractivity contribution in [1.29, 1.82) is 0 Å². The van der Waals surface area contributed by atoms with Crippen molar-refractivity contribution in [3.8, 4) is 0 Å². The predicted octanol–water partition coefficient (Wildman–Crippen LogP) is 17.6. The second kappa shape index (κ2) is 52.3. The molecule has 0 aliphatic rings. The molecule has 2 unspecified atom stereocenters. The summed E-state index contributed by atoms with van der Waals surface area (Å²) in [6.45, 7) is 4.17. The van der Waals surface area contributed by atoms with Gasteiger partial charge in [-0.05, 0) is 103 Å². The van der Waals surface area contributed by atoms with Gasteiger partial charge in [0, 0.05) is 12.8 Å². The van der Waals surface area contributed by atoms with Gasteiger partial charge in [0.15, 0.2) is 6.10 Å². The first kappa shape index (κ1) is 68.4. The van der Waals surface area contributed by atoms with Crippen molar-refractivity contribution < 1.29 is 42.1 Å². The van der Waals surface area contributed by atoms with Crippen LogP contribution < -0.4 is 0 Å². The average molecular weight is 1020 g/mol. The van der Waals surface area contributed by atoms with E-state index in [1.165, 1.54) is 51.4 Å². The number of allylic oxidation sites excluding steroid dienone is 20. The fourth-order valence-electron chi connectivity index (χ4n) is 7.19. The van der Waals surface area contributed by atoms with Crippen LogP contribution in [0.2, 0.25) is 0 Å². The zero-order valence-corrected chi connectivity index (χ0v) is 47.3. The molecule has 2 atom stereocenters. The van der Waals surface area contributed by atoms with Crippen LogP contribution in [0.3, 0.4) is 0 Å². The molecule has 0 aromatic heterocycles. The molecule has 0 aliphatic heterocycles. The standard InChI is InChI=1S/C62H104NO8P/c1-6-8-10-12-14-16-18-20-22-24-26-28-30-31-33-35-37-39-41-43-45-47-49-51-53-55-62(65)71-60(59-70-72(66,67)69-57-56-63(3,4)5)58-68-61(64)54-52-50-48-46-44-42-40-38-36-34-32-29-27-25-23-21-19-17-15-13-11-9-7-2/h8-11,14-17,20-23,26-29,31,33-34,36,60H,6-7,12-13,18-19,24-25,30,32,35,37-59H2,1-5H3/p+1/b10-8-,11-9-,16-14-,17-15-,22-20-,23-21-,28-26-,29-27-,33-31-,36-34-. The summed E-state index contributed by atoms with van der Waals surface area (Å²) in [6.07, 6.45) is 73.9. The smallest absolute Gasteiger partial charge is 0.462 e. The Morgan fingerprint density at radius 1 is 0.431 bits per heavy atom. The van der Waals surface area contributed by atoms with Crippen molar-refractivity contribution in [1.82, 2.24) is 0 Å². The van der Waals surface area contributed by atoms with Crippen LogP contribution >= 0.6 is 7.82 Å². The molecule has 0 fully saturated rings. The Morgan fingerprint density at radius 2 is 0.750 bits per heavy atom. The van der Waals surface area contributed by atoms with Crippen LogP contribution in [0.5, 0.6) is 0 Å². The minimum atomic E-state index is -4.40. The largest absolute Gasteiger partial charge is 0.472 e. The van der Waals surface area contributed by atoms with Gasteiger partial charge in [0.1, 0.15) is 19.8 Å². The highest BCUT2D eigenvalue weighted by molar-refractivity contribution is 7.47. The van der Waals surface area contributed by atoms with Crippen molar-refractivity contribution in [2.24, 2.45) is 0 Å². The molecule has 0 spiro atoms. The number of likely N-dealkylation sites (N-methyl/N-ethyl adjacent to an activating group) is 1. The Bertz CT molecular complexity index is 1630. The quantitative estimate of drug-likeness (QED) is 0.0211. The third-order valence-electron chi connectivity index (χ3n) is 11.5. The summed E-state index contributed by atoms with van der Waals surface area (Å²) in [7, 11) is 1.45. The van der Waals surface area contributed by atoms with Crippen LogP contribution in [0.15, 0.2) is 122 Å². The van der Waals surface area contributed by atoms with Crippen LogP contribution in [0.1, 0.15) is 206 Å². The maximum atomic E-state index is 12.8. The molecule has 0 bridgehead atoms. The monoisotopic (exact) mass is 1020 g/mol. The lowest BCUT2D eigenvalue weighted by Crippen LogP contribution is -2.37. The number of carbonyl (C=O) groups is 2. The molecule has 10 heteroatoms. The molecule has 0 heterocycles. The Hall–Kier alpha value is -3.59. The van der Waals surface area contributed by atoms with Gasteiger partial charge in [0.25, 0.3) is 0 Å². The van der Waals surface area contributed by atoms with Crippen LogP contribution in [-0.2, 0) is 32.7 Å². The lowest BCUT2D eigenvalue weighted by molar-refractivity contribution is -0.870. The van der Waals surface area contributed by atoms with E-state index in [4.69, 9.17) is 18.5 Å². The van der Waals surface area contributed by atoms with Crippen molar-refractivity contribution in [2.75, 3.05) is 47.5 Å². The minimum Gasteiger partial charge on any atom is -0.462 e. The van der Waals surface area contributed by atoms with Crippen LogP contribution in [0.25, 0.3) is 0 Å². The summed E-state index contributed by atoms with van der Waals surface area (Å²) >= 11 is 0. The third kappa shape index (κ3) is 55.7. The molecule has 9 nitrogen and oxygen atoms in total. The van der Waals surface area contributed by atoms with E-state index in [-0.39, 0.29) is 32.0 Å². The number of rotatable bonds is 50. The van der Waals surface area contributed by atoms with E-state index in [1.54, 1.807) is 0 Å². The van der Waals surface area contributed by atoms with Gasteiger partial charge in [-0.2, -0.15) is 0 Å². The zero-order valence-electron chi connectivity index (χ0n) is 46.4. The number of hydrogen-bond donors (Lipinski definition) is 1. The molecular formula is C62H105NO8P+. The van der Waals surface area contributed by atoms with Crippen LogP contribution in [-0.4, -0.2) is 74.9 Å². The highest BCUT2D eigenvalue weighted by Crippen LogP contribution is 2.43. The highest BCUT2D eigenvalue weighted by atomic mass is 31.2. The Kier molecular flexibility index (Phi) is 49.7. The van der Waals surface area contributed by atoms with Gasteiger partial charge in [-0.25, -0.2) is 4.57 Å². The Morgan fingerprint density at radius 3 is 1.11 bits per heavy atom. The molecule has 410 valence electrons. The van der Waals surface area contributed by atoms with Crippen molar-refractivity contribution in [3.05, 3.63) is 122 Å². The molecule has 0 saturated carbocycles. The number of phosphoric acid groups is 1. The lowest BCUT2D eigenvalue weighted by Gasteiger charge is -2.24. The van der Waals surface area contributed by atoms with Crippen molar-refractivity contribution in [2.45, 2.75) is 213 Å². The zero-order chi connectivity index (χ0) is 52.7. The van der Waals surface area contributed by atoms with Gasteiger partial charge in [-0.3, -0.25) is 18.6 Å². The minimum absolute atomic E-state index is 0.0215. The summed E-state index contributed by atoms with van der Waals surface area (Å²) in [5.74, 6) is -0.825. The van der Waals surface area contributed by atoms with Gasteiger partial charge >= 0.3 is 19.8 Å². The third-order valence-corrected chi connectivity index (χ3v) is 12.5. The van der Waals surface area contributed by atoms with Gasteiger partial charge in [0.05, 0.1) is 27.7 Å². The van der Waals surface area contributed by atoms with E-state index in [2.05, 4.69) is 135 Å². The van der Waals surface area contributed by atoms with Gasteiger partial charge in [0.2, 0.25) is 0 Å². The molecule has 0 amide bonds. The number of hydrogen-bond acceptors (Lipinski definition) is 7. The SMILES string of the molecule is CC/C=C\C/C=C\C/C=C\C/C=C\C/C=C\CCCCCCCCCCCC(=O)OC(COC(=O)CCCCCCCCC/C=C\C/C=C\C/C=C\C/C=C\C/C=C\CC)COP(=O)(O)OCC[N+](C)(C)C. The maximum Gasteiger partial charge on any atom is 0.472 e. The molecule has 0 rings (SSSR count). The number of quaternary nitrogens is 1. The topological polar surface area (TPSA) is 108 Å². The van der Waals surface area contributed by atoms with Gasteiger partial charge in [-0.15, -0.1) is 0 Å². The maximum absolute atomic E-state index is 12.8. The number of phosphoric ester groups is 1. The first-order valence-corrected chi connectivity index (χ1v) is 29.8. The van der Waals surface area contributed by atoms with E-state index < -0.39 is 26.5 Å². The molecule has 0 radical (unpaired) electrons. The number of unbranched alkanes of at least 4 members (excludes halogenated alkanes) is 16. The van der Waals surface area contributed by atoms with Crippen LogP contribution in [0, 0.1) is 0 Å². The second-order valence-corrected chi connectivity index (χ2v) is 21.0. The number of esters is 2. The van der Waals surface area contributed by atoms with E-state index in [1.807, 2.05) is 21.1 Å². The van der Waals surface area contributed by atoms with Gasteiger partial charge < -0.3 is 18.9 Å². The molecule has 1 N–H and O–H groups in total. The van der Waals surface area contributed by atoms with Crippen LogP contribution in [0.4, 0.5) is 0 Å². The summed E-state index contributed by atoms with van der Waals surface area (Å²) in [4.78, 5) is 35.7. The van der Waals surface area contributed by atoms with E-state index in [0.717, 1.165) is 122 Å². The molecule has 0 aliphatic carbocycles. The second-order valence-electron chi connectivity index (χ2n) is 19.6. The first-order valence-electron chi connectivity index (χ1n) is 28.3. The number of carbonyl (C=O) groups excluding carboxylic acids is 2. The molecule has 0 saturated heterocycles. The number of ether oxygens (including phenoxy) is 2. The van der Waals surface area contributed by atoms with Gasteiger partial charge in [-0.1, -0.05) is 212 Å². The number of nitrogens with zero attached hydrogens (tertiary/aromatic N) is 1. The molecule has 0 aromatic rings. The van der Waals surface area contributed by atoms with E-state index >= 15 is 0 Å². The fraction of sp³-hybridized carbons (Fsp3) is 0.645.